The van der Waals surface area contributed by atoms with Crippen molar-refractivity contribution in [3.05, 3.63) is 0 Å². The molecule has 21 aliphatic heterocycles. The van der Waals surface area contributed by atoms with E-state index in [1.54, 1.807) is 0 Å². The molecule has 0 aliphatic carbocycles. The Hall–Kier alpha value is -2.03. The van der Waals surface area contributed by atoms with Crippen molar-refractivity contribution in [1.82, 2.24) is 0 Å². The molecule has 35 atom stereocenters. The first kappa shape index (κ1) is 88.5. The zero-order valence-corrected chi connectivity index (χ0v) is 57.4. The number of aliphatic hydroxyl groups excluding tert-OH is 14. The molecule has 0 aromatic heterocycles. The monoisotopic (exact) mass is 1690 g/mol. The van der Waals surface area contributed by atoms with E-state index in [1.165, 1.54) is 0 Å². The molecule has 63 heteroatoms. The summed E-state index contributed by atoms with van der Waals surface area (Å²) >= 11 is 0. The van der Waals surface area contributed by atoms with Crippen LogP contribution in [0.3, 0.4) is 0 Å². The van der Waals surface area contributed by atoms with Gasteiger partial charge in [-0.3, -0.25) is 31.9 Å². The third-order valence-corrected chi connectivity index (χ3v) is 19.2. The number of ether oxygens (including phenoxy) is 14. The van der Waals surface area contributed by atoms with E-state index < -0.39 is 334 Å². The van der Waals surface area contributed by atoms with E-state index in [1.807, 2.05) is 0 Å². The van der Waals surface area contributed by atoms with E-state index in [0.717, 1.165) is 0 Å². The van der Waals surface area contributed by atoms with Gasteiger partial charge >= 0.3 is 72.8 Å². The molecule has 21 saturated heterocycles. The van der Waals surface area contributed by atoms with Crippen LogP contribution < -0.4 is 0 Å². The van der Waals surface area contributed by atoms with Crippen LogP contribution in [0.15, 0.2) is 0 Å². The summed E-state index contributed by atoms with van der Waals surface area (Å²) in [5.74, 6) is 0. The number of aliphatic hydroxyl groups is 14. The van der Waals surface area contributed by atoms with Crippen LogP contribution in [0.2, 0.25) is 0 Å². The molecule has 0 spiro atoms. The molecule has 21 rings (SSSR count). The standard InChI is InChI=1S/C42H70O56S7/c43-15-22(50)36-85-8(1-78-99(57,58)59)29(15)92-37-23(51)16(44)31(10(86-37)3-80-101(63,64)65)94-39-25(53)18(46)33(12(88-39)5-82-103(69,70)71)96-41-27(55)20(48)35(14(90-41)7-84-105(75,76)77)98-42-28(56)21(49)34(13(91-42)6-83-104(72,73)74)97-40-26(54)19(47)32(11(89-40)4-81-102(66,67)68)95-38-24(52)17(45)30(93-36)9(87-38)2-79-100(60,61)62/h8-56H,1-7H2,(H,57,58,59)(H,60,61,62)(H,63,64,65)(H,66,67,68)(H,69,70,71)(H,72,73,74)(H,75,76,77)/t8?,9?,10?,11?,12?,13?,14?,15-,16-,17-,18-,19-,20-,21-,22-,23+,24+,25+,26+,27+,28+,29-,30-,31-,32-,33-,34-,35-,36-,37+,38-,39-,40-,41-,42-/m0/s1. The molecule has 7 unspecified atom stereocenters. The van der Waals surface area contributed by atoms with Gasteiger partial charge in [-0.15, -0.1) is 0 Å². The molecule has 21 heterocycles. The Morgan fingerprint density at radius 3 is 0.352 bits per heavy atom. The fourth-order valence-corrected chi connectivity index (χ4v) is 13.5. The normalized spacial score (nSPS) is 44.9. The highest BCUT2D eigenvalue weighted by Gasteiger charge is 2.61. The SMILES string of the molecule is O=S(=O)(O)OCC1O[C@H]2O[C@H]3C(COS(=O)(=O)O)O[C@@H](O[C@H]4C(COS(=O)(=O)O)O[C@@H](O[C@H]5C(COS(=O)(=O)O)O[C@@H](O[C@H]6C(COS(=O)(=O)O)O[C@@H](O[C@H]7C(COS(=O)(=O)O)O[C@@H](O[C@H]8C(COS(=O)(=O)O)O[C@H](O[C@@H]1[C@@H](O)[C@@H]2O)[C@H](O)[C@@H]8O)[C@H](O)[C@@H]7O)[C@H](O)[C@@H]6O)[C@H](O)[C@@H]5O)[C@H](O)[C@@H]4O)[C@H](O)[C@@H]3O. The Balaban J connectivity index is 1.23. The number of rotatable bonds is 21. The average Bonchev–Trinajstić information content (AvgIpc) is 0.820. The van der Waals surface area contributed by atoms with Crippen molar-refractivity contribution in [1.29, 1.82) is 0 Å². The second kappa shape index (κ2) is 34.7. The summed E-state index contributed by atoms with van der Waals surface area (Å²) in [5, 5.41) is 163. The van der Waals surface area contributed by atoms with Gasteiger partial charge in [0.1, 0.15) is 171 Å². The van der Waals surface area contributed by atoms with Crippen LogP contribution in [-0.2, 0) is 168 Å². The number of hydrogen-bond donors (Lipinski definition) is 21. The Bertz CT molecular complexity index is 3040. The predicted octanol–water partition coefficient (Wildman–Crippen LogP) is -16.4. The predicted molar refractivity (Wildman–Crippen MR) is 301 cm³/mol. The third kappa shape index (κ3) is 23.6. The van der Waals surface area contributed by atoms with Gasteiger partial charge in [-0.1, -0.05) is 0 Å². The van der Waals surface area contributed by atoms with Gasteiger partial charge in [0.2, 0.25) is 0 Å². The fraction of sp³-hybridized carbons (Fsp3) is 1.00. The van der Waals surface area contributed by atoms with Crippen LogP contribution in [0.25, 0.3) is 0 Å². The Kier molecular flexibility index (Phi) is 29.3. The van der Waals surface area contributed by atoms with E-state index in [4.69, 9.17) is 66.3 Å². The van der Waals surface area contributed by atoms with Crippen molar-refractivity contribution in [2.24, 2.45) is 0 Å². The lowest BCUT2D eigenvalue weighted by molar-refractivity contribution is -0.395. The summed E-state index contributed by atoms with van der Waals surface area (Å²) in [6, 6.07) is 0. The van der Waals surface area contributed by atoms with E-state index in [0.29, 0.717) is 0 Å². The van der Waals surface area contributed by atoms with Crippen molar-refractivity contribution in [3.63, 3.8) is 0 Å². The number of hydrogen-bond acceptors (Lipinski definition) is 49. The molecule has 105 heavy (non-hydrogen) atoms. The summed E-state index contributed by atoms with van der Waals surface area (Å²) < 4.78 is 343. The second-order valence-electron chi connectivity index (χ2n) is 23.4. The highest BCUT2D eigenvalue weighted by atomic mass is 32.3. The van der Waals surface area contributed by atoms with Gasteiger partial charge in [-0.25, -0.2) is 29.3 Å². The van der Waals surface area contributed by atoms with Crippen LogP contribution in [0.4, 0.5) is 0 Å². The molecular weight excluding hydrogens is 1620 g/mol. The van der Waals surface area contributed by atoms with Gasteiger partial charge in [0, 0.05) is 0 Å². The topological polar surface area (TPSA) is 858 Å². The van der Waals surface area contributed by atoms with Crippen LogP contribution in [0.1, 0.15) is 0 Å². The van der Waals surface area contributed by atoms with Crippen molar-refractivity contribution >= 4 is 72.8 Å². The highest BCUT2D eigenvalue weighted by molar-refractivity contribution is 7.82. The first-order valence-electron chi connectivity index (χ1n) is 29.2. The molecule has 21 N–H and O–H groups in total. The third-order valence-electron chi connectivity index (χ3n) is 16.2. The Morgan fingerprint density at radius 1 is 0.171 bits per heavy atom. The van der Waals surface area contributed by atoms with Crippen molar-refractivity contribution in [2.45, 2.75) is 215 Å². The van der Waals surface area contributed by atoms with Crippen molar-refractivity contribution in [2.75, 3.05) is 46.2 Å². The fourth-order valence-electron chi connectivity index (χ4n) is 11.4. The summed E-state index contributed by atoms with van der Waals surface area (Å²) in [6.45, 7) is -11.6. The minimum absolute atomic E-state index is 1.65. The van der Waals surface area contributed by atoms with E-state index in [-0.39, 0.29) is 0 Å². The molecular formula is C42H70O56S7. The lowest BCUT2D eigenvalue weighted by Gasteiger charge is -2.50. The highest BCUT2D eigenvalue weighted by Crippen LogP contribution is 2.40. The molecule has 0 aromatic rings. The van der Waals surface area contributed by atoms with Gasteiger partial charge in [0.25, 0.3) is 0 Å². The zero-order valence-electron chi connectivity index (χ0n) is 51.7. The largest absolute Gasteiger partial charge is 0.397 e. The van der Waals surface area contributed by atoms with Gasteiger partial charge in [-0.05, 0) is 0 Å². The van der Waals surface area contributed by atoms with Crippen LogP contribution in [-0.4, -0.2) is 423 Å². The molecule has 14 bridgehead atoms. The first-order chi connectivity index (χ1) is 48.2. The smallest absolute Gasteiger partial charge is 0.387 e. The Morgan fingerprint density at radius 2 is 0.267 bits per heavy atom. The van der Waals surface area contributed by atoms with Crippen molar-refractivity contribution < 1.29 is 258 Å². The van der Waals surface area contributed by atoms with E-state index in [9.17, 15) is 162 Å². The van der Waals surface area contributed by atoms with E-state index >= 15 is 0 Å². The minimum atomic E-state index is -5.67. The van der Waals surface area contributed by atoms with Crippen molar-refractivity contribution in [3.8, 4) is 0 Å². The maximum absolute atomic E-state index is 12.0. The summed E-state index contributed by atoms with van der Waals surface area (Å²) in [4.78, 5) is 0. The molecule has 0 radical (unpaired) electrons. The second-order valence-corrected chi connectivity index (χ2v) is 31.0. The molecule has 56 nitrogen and oxygen atoms in total. The molecule has 0 saturated carbocycles. The van der Waals surface area contributed by atoms with Gasteiger partial charge in [0.15, 0.2) is 44.0 Å². The van der Waals surface area contributed by atoms with Crippen LogP contribution >= 0.6 is 0 Å². The Labute approximate surface area is 589 Å². The van der Waals surface area contributed by atoms with Gasteiger partial charge < -0.3 is 138 Å². The minimum Gasteiger partial charge on any atom is -0.387 e. The quantitative estimate of drug-likeness (QED) is 0.0475. The van der Waals surface area contributed by atoms with Crippen LogP contribution in [0, 0.1) is 0 Å². The zero-order chi connectivity index (χ0) is 78.5. The summed E-state index contributed by atoms with van der Waals surface area (Å²) in [6.07, 6.45) is -93.1. The summed E-state index contributed by atoms with van der Waals surface area (Å²) in [7, 11) is -39.7. The lowest BCUT2D eigenvalue weighted by atomic mass is 9.95. The average molecular weight is 1700 g/mol. The lowest BCUT2D eigenvalue weighted by Crippen LogP contribution is -2.68. The van der Waals surface area contributed by atoms with Gasteiger partial charge in [0.05, 0.1) is 46.2 Å². The van der Waals surface area contributed by atoms with Crippen LogP contribution in [0.5, 0.6) is 0 Å². The van der Waals surface area contributed by atoms with E-state index in [2.05, 4.69) is 29.3 Å². The molecule has 616 valence electrons. The van der Waals surface area contributed by atoms with Gasteiger partial charge in [-0.2, -0.15) is 58.9 Å². The molecule has 21 fully saturated rings. The molecule has 0 amide bonds. The summed E-state index contributed by atoms with van der Waals surface area (Å²) in [5.41, 5.74) is 0. The molecule has 21 aliphatic rings. The molecule has 0 aromatic carbocycles. The maximum Gasteiger partial charge on any atom is 0.397 e. The first-order valence-corrected chi connectivity index (χ1v) is 38.8. The maximum atomic E-state index is 12.0.